The molecule has 0 saturated heterocycles. The smallest absolute Gasteiger partial charge is 0.161 e. The van der Waals surface area contributed by atoms with Crippen LogP contribution in [-0.2, 0) is 0 Å². The molecule has 0 aliphatic carbocycles. The number of rotatable bonds is 19. The van der Waals surface area contributed by atoms with E-state index in [-0.39, 0.29) is 0 Å². The van der Waals surface area contributed by atoms with E-state index in [9.17, 15) is 4.79 Å². The number of anilines is 2. The summed E-state index contributed by atoms with van der Waals surface area (Å²) in [6.45, 7) is 5.56. The van der Waals surface area contributed by atoms with Gasteiger partial charge in [0.05, 0.1) is 16.9 Å². The third kappa shape index (κ3) is 8.68. The van der Waals surface area contributed by atoms with Crippen molar-refractivity contribution < 1.29 is 9.53 Å². The van der Waals surface area contributed by atoms with Crippen LogP contribution in [0.5, 0.6) is 11.5 Å². The van der Waals surface area contributed by atoms with Crippen molar-refractivity contribution in [1.82, 2.24) is 0 Å². The van der Waals surface area contributed by atoms with Crippen LogP contribution in [0.15, 0.2) is 42.5 Å². The number of carbonyl (C=O) groups excluding carboxylic acids is 1. The normalized spacial score (nSPS) is 13.1. The molecule has 3 nitrogen and oxygen atoms in total. The van der Waals surface area contributed by atoms with E-state index in [1.54, 1.807) is 0 Å². The topological polar surface area (TPSA) is 29.5 Å². The Morgan fingerprint density at radius 3 is 1.86 bits per heavy atom. The van der Waals surface area contributed by atoms with Gasteiger partial charge in [-0.05, 0) is 43.0 Å². The van der Waals surface area contributed by atoms with Gasteiger partial charge in [-0.25, -0.2) is 0 Å². The van der Waals surface area contributed by atoms with Crippen LogP contribution in [0.2, 0.25) is 0 Å². The minimum Gasteiger partial charge on any atom is -0.452 e. The molecule has 1 atom stereocenters. The summed E-state index contributed by atoms with van der Waals surface area (Å²) in [5, 5.41) is 0. The first-order chi connectivity index (χ1) is 17.8. The van der Waals surface area contributed by atoms with Crippen molar-refractivity contribution in [2.45, 2.75) is 117 Å². The minimum absolute atomic E-state index is 0.627. The van der Waals surface area contributed by atoms with Gasteiger partial charge in [0.1, 0.15) is 0 Å². The lowest BCUT2D eigenvalue weighted by Gasteiger charge is -2.36. The quantitative estimate of drug-likeness (QED) is 0.144. The molecule has 0 N–H and O–H groups in total. The molecule has 1 unspecified atom stereocenters. The summed E-state index contributed by atoms with van der Waals surface area (Å²) < 4.78 is 6.23. The SMILES string of the molecule is CCCCCCCCCCC(CCCCCCCC)CN1c2ccccc2Oc2c(C=O)cccc21. The predicted molar refractivity (Wildman–Crippen MR) is 154 cm³/mol. The first kappa shape index (κ1) is 28.3. The average Bonchev–Trinajstić information content (AvgIpc) is 2.91. The maximum Gasteiger partial charge on any atom is 0.161 e. The molecule has 198 valence electrons. The molecule has 1 aliphatic heterocycles. The number of unbranched alkanes of at least 4 members (excludes halogenated alkanes) is 12. The highest BCUT2D eigenvalue weighted by Gasteiger charge is 2.27. The number of ether oxygens (including phenoxy) is 1. The fraction of sp³-hybridized carbons (Fsp3) is 0.606. The number of fused-ring (bicyclic) bond motifs is 2. The van der Waals surface area contributed by atoms with Crippen LogP contribution < -0.4 is 9.64 Å². The van der Waals surface area contributed by atoms with Crippen molar-refractivity contribution in [3.05, 3.63) is 48.0 Å². The Morgan fingerprint density at radius 2 is 1.25 bits per heavy atom. The van der Waals surface area contributed by atoms with Crippen molar-refractivity contribution in [3.63, 3.8) is 0 Å². The minimum atomic E-state index is 0.627. The Labute approximate surface area is 220 Å². The van der Waals surface area contributed by atoms with E-state index in [4.69, 9.17) is 4.74 Å². The Kier molecular flexibility index (Phi) is 12.9. The third-order valence-electron chi connectivity index (χ3n) is 7.68. The van der Waals surface area contributed by atoms with Crippen LogP contribution >= 0.6 is 0 Å². The number of hydrogen-bond donors (Lipinski definition) is 0. The molecule has 0 saturated carbocycles. The Morgan fingerprint density at radius 1 is 0.694 bits per heavy atom. The van der Waals surface area contributed by atoms with Crippen LogP contribution in [0.25, 0.3) is 0 Å². The van der Waals surface area contributed by atoms with Crippen LogP contribution in [0.1, 0.15) is 127 Å². The van der Waals surface area contributed by atoms with Crippen LogP contribution in [0.3, 0.4) is 0 Å². The Bertz CT molecular complexity index is 893. The van der Waals surface area contributed by atoms with E-state index < -0.39 is 0 Å². The van der Waals surface area contributed by atoms with Crippen molar-refractivity contribution in [3.8, 4) is 11.5 Å². The second kappa shape index (κ2) is 16.5. The number of aldehydes is 1. The molecule has 36 heavy (non-hydrogen) atoms. The van der Waals surface area contributed by atoms with Gasteiger partial charge < -0.3 is 9.64 Å². The van der Waals surface area contributed by atoms with Gasteiger partial charge in [-0.2, -0.15) is 0 Å². The molecular weight excluding hydrogens is 442 g/mol. The molecule has 0 aromatic heterocycles. The number of carbonyl (C=O) groups is 1. The molecule has 2 aromatic rings. The summed E-state index contributed by atoms with van der Waals surface area (Å²) in [5.41, 5.74) is 2.78. The number of para-hydroxylation sites is 3. The van der Waals surface area contributed by atoms with E-state index in [1.807, 2.05) is 24.3 Å². The molecule has 0 fully saturated rings. The molecule has 1 heterocycles. The highest BCUT2D eigenvalue weighted by molar-refractivity contribution is 5.88. The van der Waals surface area contributed by atoms with Crippen molar-refractivity contribution in [1.29, 1.82) is 0 Å². The van der Waals surface area contributed by atoms with Gasteiger partial charge in [0.2, 0.25) is 0 Å². The number of benzene rings is 2. The first-order valence-electron chi connectivity index (χ1n) is 14.9. The van der Waals surface area contributed by atoms with Crippen LogP contribution in [0, 0.1) is 5.92 Å². The van der Waals surface area contributed by atoms with Crippen LogP contribution in [-0.4, -0.2) is 12.8 Å². The molecule has 3 rings (SSSR count). The zero-order valence-corrected chi connectivity index (χ0v) is 23.0. The van der Waals surface area contributed by atoms with E-state index >= 15 is 0 Å². The van der Waals surface area contributed by atoms with E-state index in [0.29, 0.717) is 17.2 Å². The van der Waals surface area contributed by atoms with Crippen LogP contribution in [0.4, 0.5) is 11.4 Å². The van der Waals surface area contributed by atoms with E-state index in [0.717, 1.165) is 30.0 Å². The summed E-state index contributed by atoms with van der Waals surface area (Å²) in [5.74, 6) is 2.21. The Hall–Kier alpha value is -2.29. The zero-order chi connectivity index (χ0) is 25.4. The van der Waals surface area contributed by atoms with Gasteiger partial charge in [0.25, 0.3) is 0 Å². The molecule has 0 bridgehead atoms. The second-order valence-electron chi connectivity index (χ2n) is 10.7. The van der Waals surface area contributed by atoms with Gasteiger partial charge in [-0.15, -0.1) is 0 Å². The maximum absolute atomic E-state index is 11.8. The largest absolute Gasteiger partial charge is 0.452 e. The highest BCUT2D eigenvalue weighted by Crippen LogP contribution is 2.48. The van der Waals surface area contributed by atoms with E-state index in [1.165, 1.54) is 103 Å². The van der Waals surface area contributed by atoms with Gasteiger partial charge >= 0.3 is 0 Å². The maximum atomic E-state index is 11.8. The summed E-state index contributed by atoms with van der Waals surface area (Å²) in [6.07, 6.45) is 22.5. The van der Waals surface area contributed by atoms with Crippen molar-refractivity contribution in [2.24, 2.45) is 5.92 Å². The molecular formula is C33H49NO2. The fourth-order valence-electron chi connectivity index (χ4n) is 5.53. The lowest BCUT2D eigenvalue weighted by Crippen LogP contribution is -2.28. The Balaban J connectivity index is 1.65. The standard InChI is InChI=1S/C33H49NO2/c1-3-5-7-9-11-12-14-16-21-28(20-15-13-10-8-6-4-2)26-34-30-23-17-18-25-32(30)36-33-29(27-35)22-19-24-31(33)34/h17-19,22-25,27-28H,3-16,20-21,26H2,1-2H3. The van der Waals surface area contributed by atoms with Crippen molar-refractivity contribution in [2.75, 3.05) is 11.4 Å². The lowest BCUT2D eigenvalue weighted by atomic mass is 9.92. The average molecular weight is 492 g/mol. The van der Waals surface area contributed by atoms with Gasteiger partial charge in [0.15, 0.2) is 17.8 Å². The monoisotopic (exact) mass is 491 g/mol. The highest BCUT2D eigenvalue weighted by atomic mass is 16.5. The summed E-state index contributed by atoms with van der Waals surface area (Å²) in [6, 6.07) is 14.2. The van der Waals surface area contributed by atoms with Gasteiger partial charge in [-0.3, -0.25) is 4.79 Å². The van der Waals surface area contributed by atoms with Gasteiger partial charge in [0, 0.05) is 6.54 Å². The predicted octanol–water partition coefficient (Wildman–Crippen LogP) is 10.6. The molecule has 0 amide bonds. The lowest BCUT2D eigenvalue weighted by molar-refractivity contribution is 0.112. The molecule has 0 radical (unpaired) electrons. The summed E-state index contributed by atoms with van der Waals surface area (Å²) >= 11 is 0. The summed E-state index contributed by atoms with van der Waals surface area (Å²) in [7, 11) is 0. The summed E-state index contributed by atoms with van der Waals surface area (Å²) in [4.78, 5) is 14.2. The van der Waals surface area contributed by atoms with Gasteiger partial charge in [-0.1, -0.05) is 122 Å². The number of nitrogens with zero attached hydrogens (tertiary/aromatic N) is 1. The second-order valence-corrected chi connectivity index (χ2v) is 10.7. The van der Waals surface area contributed by atoms with E-state index in [2.05, 4.69) is 36.9 Å². The third-order valence-corrected chi connectivity index (χ3v) is 7.68. The fourth-order valence-corrected chi connectivity index (χ4v) is 5.53. The zero-order valence-electron chi connectivity index (χ0n) is 23.0. The van der Waals surface area contributed by atoms with Crippen molar-refractivity contribution >= 4 is 17.7 Å². The molecule has 0 spiro atoms. The molecule has 1 aliphatic rings. The molecule has 2 aromatic carbocycles. The number of hydrogen-bond acceptors (Lipinski definition) is 3. The first-order valence-corrected chi connectivity index (χ1v) is 14.9. The molecule has 3 heteroatoms.